The number of benzene rings is 1. The van der Waals surface area contributed by atoms with Crippen LogP contribution >= 0.6 is 15.9 Å². The first-order chi connectivity index (χ1) is 5.81. The smallest absolute Gasteiger partial charge is 0.168 e. The molecule has 0 aliphatic rings. The Morgan fingerprint density at radius 1 is 1.50 bits per heavy atom. The van der Waals surface area contributed by atoms with E-state index in [1.54, 1.807) is 19.2 Å². The van der Waals surface area contributed by atoms with Gasteiger partial charge in [-0.3, -0.25) is 0 Å². The zero-order valence-corrected chi connectivity index (χ0v) is 8.17. The van der Waals surface area contributed by atoms with E-state index in [9.17, 15) is 0 Å². The number of rotatable bonds is 3. The van der Waals surface area contributed by atoms with E-state index >= 15 is 0 Å². The molecule has 66 valence electrons. The molecule has 3 nitrogen and oxygen atoms in total. The molecule has 4 heteroatoms. The van der Waals surface area contributed by atoms with Gasteiger partial charge in [0.1, 0.15) is 5.75 Å². The summed E-state index contributed by atoms with van der Waals surface area (Å²) >= 11 is 3.31. The predicted molar refractivity (Wildman–Crippen MR) is 48.9 cm³/mol. The second-order valence-electron chi connectivity index (χ2n) is 2.20. The monoisotopic (exact) mass is 232 g/mol. The fraction of sp³-hybridized carbons (Fsp3) is 0.250. The highest BCUT2D eigenvalue weighted by atomic mass is 79.9. The summed E-state index contributed by atoms with van der Waals surface area (Å²) in [6, 6.07) is 5.11. The van der Waals surface area contributed by atoms with E-state index in [1.165, 1.54) is 0 Å². The van der Waals surface area contributed by atoms with Crippen LogP contribution in [-0.2, 0) is 5.33 Å². The molecule has 0 aliphatic heterocycles. The summed E-state index contributed by atoms with van der Waals surface area (Å²) in [7, 11) is 1.57. The molecule has 0 unspecified atom stereocenters. The first-order valence-electron chi connectivity index (χ1n) is 3.36. The standard InChI is InChI=1S/C8H9BrO3/c1-11-8-4-7(12-10)3-2-6(8)5-9/h2-4,10H,5H2,1H3. The molecule has 0 aromatic heterocycles. The number of hydrogen-bond donors (Lipinski definition) is 1. The predicted octanol–water partition coefficient (Wildman–Crippen LogP) is 2.44. The van der Waals surface area contributed by atoms with E-state index in [1.807, 2.05) is 6.07 Å². The van der Waals surface area contributed by atoms with Crippen molar-refractivity contribution in [2.45, 2.75) is 5.33 Å². The SMILES string of the molecule is COc1cc(OO)ccc1CBr. The molecule has 1 aromatic carbocycles. The van der Waals surface area contributed by atoms with Gasteiger partial charge in [-0.1, -0.05) is 22.0 Å². The van der Waals surface area contributed by atoms with Gasteiger partial charge in [0.25, 0.3) is 0 Å². The molecule has 0 amide bonds. The molecule has 0 fully saturated rings. The van der Waals surface area contributed by atoms with Crippen molar-refractivity contribution in [3.8, 4) is 11.5 Å². The topological polar surface area (TPSA) is 38.7 Å². The maximum atomic E-state index is 8.35. The molecule has 0 saturated heterocycles. The Morgan fingerprint density at radius 3 is 2.75 bits per heavy atom. The van der Waals surface area contributed by atoms with Crippen molar-refractivity contribution in [2.24, 2.45) is 0 Å². The lowest BCUT2D eigenvalue weighted by Gasteiger charge is -2.06. The number of hydrogen-bond acceptors (Lipinski definition) is 3. The number of halogens is 1. The van der Waals surface area contributed by atoms with E-state index in [0.717, 1.165) is 5.56 Å². The number of ether oxygens (including phenoxy) is 1. The lowest BCUT2D eigenvalue weighted by atomic mass is 10.2. The molecule has 0 aliphatic carbocycles. The first kappa shape index (κ1) is 9.35. The number of methoxy groups -OCH3 is 1. The Labute approximate surface area is 79.0 Å². The fourth-order valence-electron chi connectivity index (χ4n) is 0.892. The van der Waals surface area contributed by atoms with Crippen LogP contribution < -0.4 is 9.62 Å². The molecule has 1 N–H and O–H groups in total. The van der Waals surface area contributed by atoms with E-state index in [4.69, 9.17) is 9.99 Å². The fourth-order valence-corrected chi connectivity index (χ4v) is 1.36. The Balaban J connectivity index is 3.02. The molecule has 12 heavy (non-hydrogen) atoms. The molecule has 1 rings (SSSR count). The summed E-state index contributed by atoms with van der Waals surface area (Å²) in [6.45, 7) is 0. The average molecular weight is 233 g/mol. The molecule has 0 spiro atoms. The van der Waals surface area contributed by atoms with Crippen LogP contribution in [0.4, 0.5) is 0 Å². The quantitative estimate of drug-likeness (QED) is 0.495. The van der Waals surface area contributed by atoms with E-state index < -0.39 is 0 Å². The highest BCUT2D eigenvalue weighted by Crippen LogP contribution is 2.25. The molecule has 1 aromatic rings. The minimum atomic E-state index is 0.372. The second-order valence-corrected chi connectivity index (χ2v) is 2.76. The van der Waals surface area contributed by atoms with Crippen LogP contribution in [-0.4, -0.2) is 12.4 Å². The van der Waals surface area contributed by atoms with Gasteiger partial charge in [0.05, 0.1) is 7.11 Å². The van der Waals surface area contributed by atoms with E-state index in [-0.39, 0.29) is 0 Å². The third kappa shape index (κ3) is 1.89. The lowest BCUT2D eigenvalue weighted by Crippen LogP contribution is -1.91. The summed E-state index contributed by atoms with van der Waals surface area (Å²) in [4.78, 5) is 4.06. The average Bonchev–Trinajstić information content (AvgIpc) is 2.16. The minimum absolute atomic E-state index is 0.372. The van der Waals surface area contributed by atoms with Gasteiger partial charge in [-0.2, -0.15) is 0 Å². The van der Waals surface area contributed by atoms with Crippen LogP contribution in [0, 0.1) is 0 Å². The normalized spacial score (nSPS) is 9.58. The molecule has 0 atom stereocenters. The number of alkyl halides is 1. The minimum Gasteiger partial charge on any atom is -0.496 e. The Hall–Kier alpha value is -0.740. The van der Waals surface area contributed by atoms with Gasteiger partial charge in [0, 0.05) is 17.0 Å². The highest BCUT2D eigenvalue weighted by Gasteiger charge is 2.03. The zero-order chi connectivity index (χ0) is 8.97. The third-order valence-corrected chi connectivity index (χ3v) is 2.11. The van der Waals surface area contributed by atoms with E-state index in [0.29, 0.717) is 16.8 Å². The van der Waals surface area contributed by atoms with Crippen LogP contribution in [0.25, 0.3) is 0 Å². The van der Waals surface area contributed by atoms with Crippen LogP contribution in [0.2, 0.25) is 0 Å². The lowest BCUT2D eigenvalue weighted by molar-refractivity contribution is -0.137. The molecule has 0 saturated carbocycles. The molecular weight excluding hydrogens is 224 g/mol. The van der Waals surface area contributed by atoms with Crippen molar-refractivity contribution in [3.05, 3.63) is 23.8 Å². The van der Waals surface area contributed by atoms with Gasteiger partial charge in [0.2, 0.25) is 0 Å². The van der Waals surface area contributed by atoms with Crippen LogP contribution in [0.5, 0.6) is 11.5 Å². The zero-order valence-electron chi connectivity index (χ0n) is 6.58. The molecule has 0 bridgehead atoms. The maximum absolute atomic E-state index is 8.35. The summed E-state index contributed by atoms with van der Waals surface area (Å²) in [6.07, 6.45) is 0. The Morgan fingerprint density at radius 2 is 2.25 bits per heavy atom. The van der Waals surface area contributed by atoms with Gasteiger partial charge in [-0.25, -0.2) is 5.26 Å². The summed E-state index contributed by atoms with van der Waals surface area (Å²) in [5.74, 6) is 1.06. The van der Waals surface area contributed by atoms with Gasteiger partial charge < -0.3 is 9.62 Å². The Kier molecular flexibility index (Phi) is 3.37. The molecule has 0 heterocycles. The first-order valence-corrected chi connectivity index (χ1v) is 4.48. The largest absolute Gasteiger partial charge is 0.496 e. The summed E-state index contributed by atoms with van der Waals surface area (Å²) in [5, 5.41) is 9.06. The van der Waals surface area contributed by atoms with Crippen molar-refractivity contribution in [1.82, 2.24) is 0 Å². The van der Waals surface area contributed by atoms with Crippen LogP contribution in [0.1, 0.15) is 5.56 Å². The highest BCUT2D eigenvalue weighted by molar-refractivity contribution is 9.08. The van der Waals surface area contributed by atoms with Crippen LogP contribution in [0.15, 0.2) is 18.2 Å². The van der Waals surface area contributed by atoms with Gasteiger partial charge in [-0.05, 0) is 6.07 Å². The molecule has 0 radical (unpaired) electrons. The summed E-state index contributed by atoms with van der Waals surface area (Å²) in [5.41, 5.74) is 1.01. The third-order valence-electron chi connectivity index (χ3n) is 1.51. The van der Waals surface area contributed by atoms with Gasteiger partial charge in [0.15, 0.2) is 5.75 Å². The van der Waals surface area contributed by atoms with Crippen LogP contribution in [0.3, 0.4) is 0 Å². The second kappa shape index (κ2) is 4.33. The van der Waals surface area contributed by atoms with Crippen molar-refractivity contribution in [1.29, 1.82) is 0 Å². The maximum Gasteiger partial charge on any atom is 0.168 e. The van der Waals surface area contributed by atoms with Crippen molar-refractivity contribution in [3.63, 3.8) is 0 Å². The molecular formula is C8H9BrO3. The van der Waals surface area contributed by atoms with E-state index in [2.05, 4.69) is 20.8 Å². The van der Waals surface area contributed by atoms with Crippen molar-refractivity contribution >= 4 is 15.9 Å². The van der Waals surface area contributed by atoms with Gasteiger partial charge in [-0.15, -0.1) is 0 Å². The van der Waals surface area contributed by atoms with Gasteiger partial charge >= 0.3 is 0 Å². The Bertz CT molecular complexity index is 262. The van der Waals surface area contributed by atoms with Crippen molar-refractivity contribution in [2.75, 3.05) is 7.11 Å². The van der Waals surface area contributed by atoms with Crippen molar-refractivity contribution < 1.29 is 14.9 Å². The summed E-state index contributed by atoms with van der Waals surface area (Å²) < 4.78 is 5.06.